The molecule has 0 aromatic heterocycles. The summed E-state index contributed by atoms with van der Waals surface area (Å²) in [5.74, 6) is -0.178. The Morgan fingerprint density at radius 1 is 1.18 bits per heavy atom. The van der Waals surface area contributed by atoms with Gasteiger partial charge < -0.3 is 15.2 Å². The number of hydrogen-bond donors (Lipinski definition) is 2. The lowest BCUT2D eigenvalue weighted by Gasteiger charge is -2.49. The zero-order valence-electron chi connectivity index (χ0n) is 14.0. The molecule has 0 radical (unpaired) electrons. The van der Waals surface area contributed by atoms with E-state index in [9.17, 15) is 9.59 Å². The zero-order chi connectivity index (χ0) is 16.4. The van der Waals surface area contributed by atoms with Gasteiger partial charge >= 0.3 is 12.1 Å². The highest BCUT2D eigenvalue weighted by molar-refractivity contribution is 5.68. The van der Waals surface area contributed by atoms with Crippen LogP contribution in [0.4, 0.5) is 4.79 Å². The normalized spacial score (nSPS) is 27.6. The van der Waals surface area contributed by atoms with Crippen LogP contribution in [0.1, 0.15) is 72.1 Å². The fraction of sp³-hybridized carbons (Fsp3) is 0.882. The number of carboxylic acids is 1. The summed E-state index contributed by atoms with van der Waals surface area (Å²) in [5.41, 5.74) is -0.443. The molecule has 0 saturated heterocycles. The third kappa shape index (κ3) is 4.37. The van der Waals surface area contributed by atoms with E-state index in [2.05, 4.69) is 5.32 Å². The van der Waals surface area contributed by atoms with E-state index in [4.69, 9.17) is 9.84 Å². The summed E-state index contributed by atoms with van der Waals surface area (Å²) >= 11 is 0. The van der Waals surface area contributed by atoms with Crippen LogP contribution in [-0.2, 0) is 9.53 Å². The first-order chi connectivity index (χ1) is 10.2. The average molecular weight is 311 g/mol. The molecule has 0 atom stereocenters. The predicted octanol–water partition coefficient (Wildman–Crippen LogP) is 3.71. The number of carbonyl (C=O) groups is 2. The van der Waals surface area contributed by atoms with Crippen molar-refractivity contribution in [3.8, 4) is 0 Å². The molecule has 0 aromatic carbocycles. The highest BCUT2D eigenvalue weighted by Crippen LogP contribution is 2.54. The van der Waals surface area contributed by atoms with Gasteiger partial charge in [-0.15, -0.1) is 0 Å². The minimum atomic E-state index is -0.672. The lowest BCUT2D eigenvalue weighted by atomic mass is 9.56. The number of nitrogens with one attached hydrogen (secondary N) is 1. The first kappa shape index (κ1) is 17.1. The standard InChI is InChI=1S/C17H29NO4/c1-16(2,3)22-15(21)18-13-7-5-12(6-8-13)17(9-4-10-17)11-14(19)20/h12-13H,4-11H2,1-3H3,(H,18,21)(H,19,20). The number of rotatable bonds is 4. The van der Waals surface area contributed by atoms with Crippen LogP contribution >= 0.6 is 0 Å². The van der Waals surface area contributed by atoms with E-state index in [1.165, 1.54) is 0 Å². The van der Waals surface area contributed by atoms with E-state index in [0.717, 1.165) is 44.9 Å². The van der Waals surface area contributed by atoms with Crippen molar-refractivity contribution in [1.29, 1.82) is 0 Å². The molecule has 5 heteroatoms. The second-order valence-electron chi connectivity index (χ2n) is 7.98. The van der Waals surface area contributed by atoms with E-state index >= 15 is 0 Å². The van der Waals surface area contributed by atoms with Crippen molar-refractivity contribution in [2.45, 2.75) is 83.8 Å². The van der Waals surface area contributed by atoms with Crippen LogP contribution in [0, 0.1) is 11.3 Å². The van der Waals surface area contributed by atoms with Gasteiger partial charge in [-0.2, -0.15) is 0 Å². The third-order valence-electron chi connectivity index (χ3n) is 5.17. The Balaban J connectivity index is 1.80. The fourth-order valence-corrected chi connectivity index (χ4v) is 3.99. The Morgan fingerprint density at radius 3 is 2.18 bits per heavy atom. The second-order valence-corrected chi connectivity index (χ2v) is 7.98. The van der Waals surface area contributed by atoms with Gasteiger partial charge in [-0.25, -0.2) is 4.79 Å². The SMILES string of the molecule is CC(C)(C)OC(=O)NC1CCC(C2(CC(=O)O)CCC2)CC1. The number of carboxylic acid groups (broad SMARTS) is 1. The van der Waals surface area contributed by atoms with E-state index < -0.39 is 11.6 Å². The summed E-state index contributed by atoms with van der Waals surface area (Å²) in [6.07, 6.45) is 7.07. The lowest BCUT2D eigenvalue weighted by molar-refractivity contribution is -0.143. The summed E-state index contributed by atoms with van der Waals surface area (Å²) in [7, 11) is 0. The zero-order valence-corrected chi connectivity index (χ0v) is 14.0. The van der Waals surface area contributed by atoms with Gasteiger partial charge in [0.15, 0.2) is 0 Å². The van der Waals surface area contributed by atoms with Crippen molar-refractivity contribution < 1.29 is 19.4 Å². The van der Waals surface area contributed by atoms with Gasteiger partial charge in [0.25, 0.3) is 0 Å². The first-order valence-electron chi connectivity index (χ1n) is 8.41. The minimum absolute atomic E-state index is 0.0305. The molecule has 0 bridgehead atoms. The second kappa shape index (κ2) is 6.47. The monoisotopic (exact) mass is 311 g/mol. The molecule has 0 heterocycles. The third-order valence-corrected chi connectivity index (χ3v) is 5.17. The number of alkyl carbamates (subject to hydrolysis) is 1. The average Bonchev–Trinajstić information content (AvgIpc) is 2.32. The molecular weight excluding hydrogens is 282 g/mol. The number of amides is 1. The molecule has 0 aliphatic heterocycles. The molecule has 2 aliphatic rings. The fourth-order valence-electron chi connectivity index (χ4n) is 3.99. The Labute approximate surface area is 132 Å². The number of hydrogen-bond acceptors (Lipinski definition) is 3. The van der Waals surface area contributed by atoms with Gasteiger partial charge in [0.05, 0.1) is 6.42 Å². The highest BCUT2D eigenvalue weighted by atomic mass is 16.6. The van der Waals surface area contributed by atoms with Crippen molar-refractivity contribution in [2.24, 2.45) is 11.3 Å². The topological polar surface area (TPSA) is 75.6 Å². The van der Waals surface area contributed by atoms with E-state index in [0.29, 0.717) is 12.3 Å². The molecule has 2 saturated carbocycles. The van der Waals surface area contributed by atoms with Crippen molar-refractivity contribution in [3.05, 3.63) is 0 Å². The maximum absolute atomic E-state index is 11.8. The van der Waals surface area contributed by atoms with E-state index in [-0.39, 0.29) is 17.6 Å². The highest BCUT2D eigenvalue weighted by Gasteiger charge is 2.46. The molecule has 0 spiro atoms. The van der Waals surface area contributed by atoms with Gasteiger partial charge in [0.2, 0.25) is 0 Å². The molecule has 0 aromatic rings. The van der Waals surface area contributed by atoms with Crippen LogP contribution < -0.4 is 5.32 Å². The molecule has 5 nitrogen and oxygen atoms in total. The van der Waals surface area contributed by atoms with Crippen LogP contribution in [0.5, 0.6) is 0 Å². The Bertz CT molecular complexity index is 415. The summed E-state index contributed by atoms with van der Waals surface area (Å²) in [6, 6.07) is 0.160. The summed E-state index contributed by atoms with van der Waals surface area (Å²) in [5, 5.41) is 12.1. The summed E-state index contributed by atoms with van der Waals surface area (Å²) in [6.45, 7) is 5.57. The molecule has 22 heavy (non-hydrogen) atoms. The molecule has 1 amide bonds. The predicted molar refractivity (Wildman–Crippen MR) is 83.7 cm³/mol. The maximum Gasteiger partial charge on any atom is 0.407 e. The molecule has 2 fully saturated rings. The van der Waals surface area contributed by atoms with Crippen LogP contribution in [-0.4, -0.2) is 28.8 Å². The van der Waals surface area contributed by atoms with E-state index in [1.54, 1.807) is 0 Å². The summed E-state index contributed by atoms with van der Waals surface area (Å²) < 4.78 is 5.29. The van der Waals surface area contributed by atoms with Crippen LogP contribution in [0.3, 0.4) is 0 Å². The Kier molecular flexibility index (Phi) is 5.03. The molecular formula is C17H29NO4. The molecule has 2 N–H and O–H groups in total. The number of aliphatic carboxylic acids is 1. The molecule has 2 aliphatic carbocycles. The van der Waals surface area contributed by atoms with Gasteiger partial charge in [0.1, 0.15) is 5.60 Å². The van der Waals surface area contributed by atoms with Gasteiger partial charge in [0, 0.05) is 6.04 Å². The van der Waals surface area contributed by atoms with Crippen molar-refractivity contribution >= 4 is 12.1 Å². The lowest BCUT2D eigenvalue weighted by Crippen LogP contribution is -2.45. The Morgan fingerprint density at radius 2 is 1.77 bits per heavy atom. The Hall–Kier alpha value is -1.26. The largest absolute Gasteiger partial charge is 0.481 e. The number of ether oxygens (including phenoxy) is 1. The van der Waals surface area contributed by atoms with Crippen LogP contribution in [0.2, 0.25) is 0 Å². The van der Waals surface area contributed by atoms with Gasteiger partial charge in [-0.3, -0.25) is 4.79 Å². The van der Waals surface area contributed by atoms with E-state index in [1.807, 2.05) is 20.8 Å². The van der Waals surface area contributed by atoms with Crippen LogP contribution in [0.25, 0.3) is 0 Å². The van der Waals surface area contributed by atoms with Crippen molar-refractivity contribution in [3.63, 3.8) is 0 Å². The van der Waals surface area contributed by atoms with Crippen molar-refractivity contribution in [2.75, 3.05) is 0 Å². The minimum Gasteiger partial charge on any atom is -0.481 e. The maximum atomic E-state index is 11.8. The molecule has 2 rings (SSSR count). The van der Waals surface area contributed by atoms with Gasteiger partial charge in [-0.1, -0.05) is 6.42 Å². The molecule has 0 unspecified atom stereocenters. The number of carbonyl (C=O) groups excluding carboxylic acids is 1. The van der Waals surface area contributed by atoms with Crippen LogP contribution in [0.15, 0.2) is 0 Å². The van der Waals surface area contributed by atoms with Gasteiger partial charge in [-0.05, 0) is 70.6 Å². The van der Waals surface area contributed by atoms with Crippen molar-refractivity contribution in [1.82, 2.24) is 5.32 Å². The molecule has 126 valence electrons. The smallest absolute Gasteiger partial charge is 0.407 e. The quantitative estimate of drug-likeness (QED) is 0.829. The first-order valence-corrected chi connectivity index (χ1v) is 8.41. The summed E-state index contributed by atoms with van der Waals surface area (Å²) in [4.78, 5) is 22.9.